The van der Waals surface area contributed by atoms with E-state index in [1.54, 1.807) is 43.3 Å². The Hall–Kier alpha value is -4.24. The van der Waals surface area contributed by atoms with E-state index >= 15 is 0 Å². The Labute approximate surface area is 209 Å². The molecule has 9 heteroatoms. The largest absolute Gasteiger partial charge is 0.378 e. The number of benzene rings is 3. The van der Waals surface area contributed by atoms with Gasteiger partial charge in [-0.3, -0.25) is 19.7 Å². The van der Waals surface area contributed by atoms with Gasteiger partial charge >= 0.3 is 0 Å². The maximum absolute atomic E-state index is 13.3. The lowest BCUT2D eigenvalue weighted by Crippen LogP contribution is -2.36. The first kappa shape index (κ1) is 24.9. The molecule has 186 valence electrons. The molecule has 3 aromatic carbocycles. The standard InChI is InChI=1S/C27H28N4O5/c1-18-16-20(30-12-14-36-15-13-30)9-10-23(18)28-27(33)22-7-5-4-6-21(22)26(32)19-8-11-24(29(2)3)25(17-19)31(34)35/h4-11,16-17H,12-15H2,1-3H3,(H,28,33). The van der Waals surface area contributed by atoms with Crippen molar-refractivity contribution in [3.63, 3.8) is 0 Å². The monoisotopic (exact) mass is 488 g/mol. The van der Waals surface area contributed by atoms with Crippen LogP contribution < -0.4 is 15.1 Å². The summed E-state index contributed by atoms with van der Waals surface area (Å²) < 4.78 is 5.41. The number of ketones is 1. The lowest BCUT2D eigenvalue weighted by molar-refractivity contribution is -0.384. The zero-order valence-corrected chi connectivity index (χ0v) is 20.5. The fourth-order valence-corrected chi connectivity index (χ4v) is 4.22. The Balaban J connectivity index is 1.59. The Bertz CT molecular complexity index is 1320. The zero-order valence-electron chi connectivity index (χ0n) is 20.5. The van der Waals surface area contributed by atoms with Gasteiger partial charge in [0.1, 0.15) is 5.69 Å². The molecule has 0 unspecified atom stereocenters. The van der Waals surface area contributed by atoms with Crippen molar-refractivity contribution in [3.05, 3.63) is 93.0 Å². The van der Waals surface area contributed by atoms with Gasteiger partial charge in [-0.1, -0.05) is 18.2 Å². The van der Waals surface area contributed by atoms with E-state index in [4.69, 9.17) is 4.74 Å². The molecule has 1 heterocycles. The van der Waals surface area contributed by atoms with E-state index in [9.17, 15) is 19.7 Å². The van der Waals surface area contributed by atoms with Gasteiger partial charge in [0.15, 0.2) is 5.78 Å². The van der Waals surface area contributed by atoms with Crippen molar-refractivity contribution in [2.75, 3.05) is 55.5 Å². The molecule has 0 atom stereocenters. The molecule has 0 saturated carbocycles. The summed E-state index contributed by atoms with van der Waals surface area (Å²) in [6, 6.07) is 16.6. The number of aryl methyl sites for hydroxylation is 1. The van der Waals surface area contributed by atoms with Crippen LogP contribution in [-0.2, 0) is 4.74 Å². The minimum absolute atomic E-state index is 0.138. The van der Waals surface area contributed by atoms with Gasteiger partial charge < -0.3 is 19.9 Å². The van der Waals surface area contributed by atoms with Crippen LogP contribution in [0.25, 0.3) is 0 Å². The number of nitrogens with one attached hydrogen (secondary N) is 1. The highest BCUT2D eigenvalue weighted by Gasteiger charge is 2.23. The molecule has 1 saturated heterocycles. The summed E-state index contributed by atoms with van der Waals surface area (Å²) in [7, 11) is 3.39. The van der Waals surface area contributed by atoms with E-state index in [-0.39, 0.29) is 22.4 Å². The first-order valence-corrected chi connectivity index (χ1v) is 11.6. The number of ether oxygens (including phenoxy) is 1. The highest BCUT2D eigenvalue weighted by Crippen LogP contribution is 2.29. The first-order chi connectivity index (χ1) is 17.3. The topological polar surface area (TPSA) is 105 Å². The summed E-state index contributed by atoms with van der Waals surface area (Å²) in [5.41, 5.74) is 3.31. The van der Waals surface area contributed by atoms with Crippen molar-refractivity contribution in [1.82, 2.24) is 0 Å². The normalized spacial score (nSPS) is 13.2. The van der Waals surface area contributed by atoms with Crippen LogP contribution in [-0.4, -0.2) is 57.0 Å². The number of amides is 1. The molecule has 9 nitrogen and oxygen atoms in total. The molecular weight excluding hydrogens is 460 g/mol. The van der Waals surface area contributed by atoms with Crippen molar-refractivity contribution < 1.29 is 19.2 Å². The molecule has 0 spiro atoms. The quantitative estimate of drug-likeness (QED) is 0.300. The van der Waals surface area contributed by atoms with Crippen LogP contribution in [0.1, 0.15) is 31.8 Å². The average Bonchev–Trinajstić information content (AvgIpc) is 2.89. The van der Waals surface area contributed by atoms with Crippen LogP contribution in [0, 0.1) is 17.0 Å². The molecule has 0 bridgehead atoms. The zero-order chi connectivity index (χ0) is 25.8. The molecular formula is C27H28N4O5. The number of hydrogen-bond donors (Lipinski definition) is 1. The molecule has 36 heavy (non-hydrogen) atoms. The molecule has 1 fully saturated rings. The third-order valence-electron chi connectivity index (χ3n) is 6.17. The summed E-state index contributed by atoms with van der Waals surface area (Å²) in [6.45, 7) is 4.91. The molecule has 1 aliphatic rings. The van der Waals surface area contributed by atoms with E-state index in [0.717, 1.165) is 24.3 Å². The van der Waals surface area contributed by atoms with Crippen LogP contribution in [0.2, 0.25) is 0 Å². The number of rotatable bonds is 7. The number of nitro benzene ring substituents is 1. The predicted molar refractivity (Wildman–Crippen MR) is 139 cm³/mol. The smallest absolute Gasteiger partial charge is 0.293 e. The van der Waals surface area contributed by atoms with Crippen LogP contribution >= 0.6 is 0 Å². The average molecular weight is 489 g/mol. The van der Waals surface area contributed by atoms with Crippen molar-refractivity contribution >= 4 is 34.4 Å². The van der Waals surface area contributed by atoms with Gasteiger partial charge in [-0.2, -0.15) is 0 Å². The van der Waals surface area contributed by atoms with Gasteiger partial charge in [0.05, 0.1) is 23.7 Å². The third kappa shape index (κ3) is 5.21. The Morgan fingerprint density at radius 2 is 1.69 bits per heavy atom. The highest BCUT2D eigenvalue weighted by atomic mass is 16.6. The molecule has 1 aliphatic heterocycles. The number of nitrogens with zero attached hydrogens (tertiary/aromatic N) is 3. The Morgan fingerprint density at radius 1 is 1.00 bits per heavy atom. The van der Waals surface area contributed by atoms with Gasteiger partial charge in [0, 0.05) is 55.8 Å². The molecule has 1 N–H and O–H groups in total. The lowest BCUT2D eigenvalue weighted by Gasteiger charge is -2.29. The summed E-state index contributed by atoms with van der Waals surface area (Å²) in [4.78, 5) is 41.4. The minimum Gasteiger partial charge on any atom is -0.378 e. The summed E-state index contributed by atoms with van der Waals surface area (Å²) in [5.74, 6) is -0.894. The van der Waals surface area contributed by atoms with E-state index < -0.39 is 16.6 Å². The van der Waals surface area contributed by atoms with E-state index in [1.165, 1.54) is 18.2 Å². The molecule has 0 aliphatic carbocycles. The second-order valence-electron chi connectivity index (χ2n) is 8.78. The molecule has 1 amide bonds. The maximum atomic E-state index is 13.3. The summed E-state index contributed by atoms with van der Waals surface area (Å²) in [6.07, 6.45) is 0. The van der Waals surface area contributed by atoms with E-state index in [2.05, 4.69) is 10.2 Å². The number of morpholine rings is 1. The second kappa shape index (κ2) is 10.6. The first-order valence-electron chi connectivity index (χ1n) is 11.6. The third-order valence-corrected chi connectivity index (χ3v) is 6.17. The Kier molecular flexibility index (Phi) is 7.30. The predicted octanol–water partition coefficient (Wildman–Crippen LogP) is 4.29. The molecule has 4 rings (SSSR count). The van der Waals surface area contributed by atoms with Crippen molar-refractivity contribution in [2.24, 2.45) is 0 Å². The molecule has 3 aromatic rings. The van der Waals surface area contributed by atoms with E-state index in [0.29, 0.717) is 24.6 Å². The fraction of sp³-hybridized carbons (Fsp3) is 0.259. The minimum atomic E-state index is -0.520. The summed E-state index contributed by atoms with van der Waals surface area (Å²) >= 11 is 0. The molecule has 0 radical (unpaired) electrons. The summed E-state index contributed by atoms with van der Waals surface area (Å²) in [5, 5.41) is 14.5. The van der Waals surface area contributed by atoms with Gasteiger partial charge in [-0.15, -0.1) is 0 Å². The number of carbonyl (C=O) groups is 2. The Morgan fingerprint density at radius 3 is 2.33 bits per heavy atom. The number of anilines is 3. The number of hydrogen-bond acceptors (Lipinski definition) is 7. The van der Waals surface area contributed by atoms with Crippen molar-refractivity contribution in [1.29, 1.82) is 0 Å². The van der Waals surface area contributed by atoms with E-state index in [1.807, 2.05) is 25.1 Å². The van der Waals surface area contributed by atoms with Gasteiger partial charge in [0.2, 0.25) is 0 Å². The van der Waals surface area contributed by atoms with Gasteiger partial charge in [0.25, 0.3) is 11.6 Å². The fourth-order valence-electron chi connectivity index (χ4n) is 4.22. The van der Waals surface area contributed by atoms with Crippen LogP contribution in [0.15, 0.2) is 60.7 Å². The maximum Gasteiger partial charge on any atom is 0.293 e. The van der Waals surface area contributed by atoms with Crippen molar-refractivity contribution in [2.45, 2.75) is 6.92 Å². The molecule has 0 aromatic heterocycles. The second-order valence-corrected chi connectivity index (χ2v) is 8.78. The number of nitro groups is 1. The SMILES string of the molecule is Cc1cc(N2CCOCC2)ccc1NC(=O)c1ccccc1C(=O)c1ccc(N(C)C)c([N+](=O)[O-])c1. The lowest BCUT2D eigenvalue weighted by atomic mass is 9.97. The highest BCUT2D eigenvalue weighted by molar-refractivity contribution is 6.18. The van der Waals surface area contributed by atoms with Gasteiger partial charge in [-0.05, 0) is 48.9 Å². The van der Waals surface area contributed by atoms with Crippen LogP contribution in [0.3, 0.4) is 0 Å². The van der Waals surface area contributed by atoms with Crippen LogP contribution in [0.5, 0.6) is 0 Å². The van der Waals surface area contributed by atoms with Crippen molar-refractivity contribution in [3.8, 4) is 0 Å². The van der Waals surface area contributed by atoms with Crippen LogP contribution in [0.4, 0.5) is 22.7 Å². The van der Waals surface area contributed by atoms with Gasteiger partial charge in [-0.25, -0.2) is 0 Å². The number of carbonyl (C=O) groups excluding carboxylic acids is 2.